The molecule has 2 aromatic rings. The molecule has 84 valence electrons. The predicted molar refractivity (Wildman–Crippen MR) is 68.9 cm³/mol. The highest BCUT2D eigenvalue weighted by Crippen LogP contribution is 2.17. The summed E-state index contributed by atoms with van der Waals surface area (Å²) in [4.78, 5) is 5.71. The van der Waals surface area contributed by atoms with Crippen LogP contribution in [0.4, 0.5) is 0 Å². The van der Waals surface area contributed by atoms with E-state index in [-0.39, 0.29) is 0 Å². The molecule has 2 rings (SSSR count). The number of aromatic nitrogens is 1. The van der Waals surface area contributed by atoms with Crippen molar-refractivity contribution in [2.45, 2.75) is 19.8 Å². The van der Waals surface area contributed by atoms with Gasteiger partial charge in [-0.2, -0.15) is 0 Å². The van der Waals surface area contributed by atoms with E-state index in [9.17, 15) is 0 Å². The average molecular weight is 232 g/mol. The molecule has 0 saturated carbocycles. The molecule has 0 unspecified atom stereocenters. The van der Waals surface area contributed by atoms with Gasteiger partial charge < -0.3 is 5.73 Å². The van der Waals surface area contributed by atoms with Gasteiger partial charge in [-0.3, -0.25) is 0 Å². The van der Waals surface area contributed by atoms with Crippen molar-refractivity contribution in [2.75, 3.05) is 6.54 Å². The second kappa shape index (κ2) is 5.23. The molecule has 1 aromatic carbocycles. The van der Waals surface area contributed by atoms with Gasteiger partial charge in [-0.05, 0) is 25.5 Å². The molecule has 0 fully saturated rings. The van der Waals surface area contributed by atoms with Crippen molar-refractivity contribution in [3.8, 4) is 0 Å². The van der Waals surface area contributed by atoms with Crippen molar-refractivity contribution in [3.63, 3.8) is 0 Å². The summed E-state index contributed by atoms with van der Waals surface area (Å²) in [5, 5.41) is 1.18. The summed E-state index contributed by atoms with van der Waals surface area (Å²) in [6.45, 7) is 2.82. The zero-order valence-electron chi connectivity index (χ0n) is 9.44. The molecule has 0 atom stereocenters. The molecule has 0 aliphatic rings. The summed E-state index contributed by atoms with van der Waals surface area (Å²) in [5.41, 5.74) is 8.15. The summed E-state index contributed by atoms with van der Waals surface area (Å²) < 4.78 is 0. The second-order valence-corrected chi connectivity index (χ2v) is 5.12. The molecule has 16 heavy (non-hydrogen) atoms. The molecule has 2 nitrogen and oxygen atoms in total. The van der Waals surface area contributed by atoms with Gasteiger partial charge in [-0.1, -0.05) is 29.8 Å². The molecule has 1 heterocycles. The number of hydrogen-bond acceptors (Lipinski definition) is 3. The Kier molecular flexibility index (Phi) is 3.70. The summed E-state index contributed by atoms with van der Waals surface area (Å²) in [7, 11) is 0. The van der Waals surface area contributed by atoms with Crippen molar-refractivity contribution in [1.82, 2.24) is 4.98 Å². The van der Waals surface area contributed by atoms with Crippen LogP contribution in [0.1, 0.15) is 21.0 Å². The largest absolute Gasteiger partial charge is 0.330 e. The number of hydrogen-bond donors (Lipinski definition) is 1. The smallest absolute Gasteiger partial charge is 0.0971 e. The third-order valence-corrected chi connectivity index (χ3v) is 3.49. The van der Waals surface area contributed by atoms with Crippen LogP contribution in [0.25, 0.3) is 0 Å². The minimum absolute atomic E-state index is 0.700. The first kappa shape index (κ1) is 11.3. The number of nitrogens with zero attached hydrogens (tertiary/aromatic N) is 1. The van der Waals surface area contributed by atoms with Crippen LogP contribution in [0.3, 0.4) is 0 Å². The third kappa shape index (κ3) is 2.90. The molecule has 1 aromatic heterocycles. The standard InChI is InChI=1S/C13H16N2S/c1-10-3-2-4-11(7-10)8-13-15-9-12(16-13)5-6-14/h2-4,7,9H,5-6,8,14H2,1H3. The molecule has 0 saturated heterocycles. The van der Waals surface area contributed by atoms with Crippen LogP contribution < -0.4 is 5.73 Å². The SMILES string of the molecule is Cc1cccc(Cc2ncc(CCN)s2)c1. The molecular weight excluding hydrogens is 216 g/mol. The summed E-state index contributed by atoms with van der Waals surface area (Å²) in [5.74, 6) is 0. The quantitative estimate of drug-likeness (QED) is 0.880. The van der Waals surface area contributed by atoms with E-state index in [1.165, 1.54) is 21.0 Å². The van der Waals surface area contributed by atoms with Crippen LogP contribution in [-0.2, 0) is 12.8 Å². The molecule has 0 bridgehead atoms. The number of rotatable bonds is 4. The molecular formula is C13H16N2S. The fraction of sp³-hybridized carbons (Fsp3) is 0.308. The first-order chi connectivity index (χ1) is 7.78. The van der Waals surface area contributed by atoms with Crippen molar-refractivity contribution >= 4 is 11.3 Å². The zero-order chi connectivity index (χ0) is 11.4. The third-order valence-electron chi connectivity index (χ3n) is 2.43. The maximum atomic E-state index is 5.52. The van der Waals surface area contributed by atoms with Gasteiger partial charge in [0.05, 0.1) is 5.01 Å². The highest BCUT2D eigenvalue weighted by Gasteiger charge is 2.02. The Bertz CT molecular complexity index is 462. The summed E-state index contributed by atoms with van der Waals surface area (Å²) in [6, 6.07) is 8.57. The zero-order valence-corrected chi connectivity index (χ0v) is 10.3. The number of nitrogens with two attached hydrogens (primary N) is 1. The van der Waals surface area contributed by atoms with Gasteiger partial charge in [0.15, 0.2) is 0 Å². The van der Waals surface area contributed by atoms with Crippen LogP contribution in [0.5, 0.6) is 0 Å². The molecule has 0 aliphatic carbocycles. The van der Waals surface area contributed by atoms with Crippen molar-refractivity contribution < 1.29 is 0 Å². The molecule has 0 aliphatic heterocycles. The van der Waals surface area contributed by atoms with E-state index in [0.717, 1.165) is 12.8 Å². The Hall–Kier alpha value is -1.19. The monoisotopic (exact) mass is 232 g/mol. The highest BCUT2D eigenvalue weighted by atomic mass is 32.1. The van der Waals surface area contributed by atoms with E-state index in [0.29, 0.717) is 6.54 Å². The Balaban J connectivity index is 2.08. The average Bonchev–Trinajstić information content (AvgIpc) is 2.66. The Labute approximate surface area is 100 Å². The lowest BCUT2D eigenvalue weighted by Gasteiger charge is -1.99. The number of aryl methyl sites for hydroxylation is 1. The lowest BCUT2D eigenvalue weighted by molar-refractivity contribution is 0.983. The van der Waals surface area contributed by atoms with E-state index in [1.54, 1.807) is 11.3 Å². The van der Waals surface area contributed by atoms with Gasteiger partial charge in [0.2, 0.25) is 0 Å². The van der Waals surface area contributed by atoms with Gasteiger partial charge in [0.1, 0.15) is 0 Å². The maximum absolute atomic E-state index is 5.52. The van der Waals surface area contributed by atoms with Gasteiger partial charge in [0, 0.05) is 17.5 Å². The highest BCUT2D eigenvalue weighted by molar-refractivity contribution is 7.11. The molecule has 2 N–H and O–H groups in total. The van der Waals surface area contributed by atoms with Crippen LogP contribution in [-0.4, -0.2) is 11.5 Å². The van der Waals surface area contributed by atoms with E-state index < -0.39 is 0 Å². The molecule has 0 spiro atoms. The van der Waals surface area contributed by atoms with Gasteiger partial charge in [-0.15, -0.1) is 11.3 Å². The van der Waals surface area contributed by atoms with Crippen molar-refractivity contribution in [1.29, 1.82) is 0 Å². The fourth-order valence-electron chi connectivity index (χ4n) is 1.68. The lowest BCUT2D eigenvalue weighted by Crippen LogP contribution is -2.00. The first-order valence-electron chi connectivity index (χ1n) is 5.47. The minimum Gasteiger partial charge on any atom is -0.330 e. The fourth-order valence-corrected chi connectivity index (χ4v) is 2.66. The van der Waals surface area contributed by atoms with E-state index in [4.69, 9.17) is 5.73 Å². The minimum atomic E-state index is 0.700. The van der Waals surface area contributed by atoms with Gasteiger partial charge >= 0.3 is 0 Å². The van der Waals surface area contributed by atoms with Crippen LogP contribution in [0, 0.1) is 6.92 Å². The second-order valence-electron chi connectivity index (χ2n) is 3.92. The van der Waals surface area contributed by atoms with Crippen LogP contribution in [0.2, 0.25) is 0 Å². The topological polar surface area (TPSA) is 38.9 Å². The predicted octanol–water partition coefficient (Wildman–Crippen LogP) is 2.54. The van der Waals surface area contributed by atoms with Crippen molar-refractivity contribution in [3.05, 3.63) is 51.5 Å². The van der Waals surface area contributed by atoms with Gasteiger partial charge in [0.25, 0.3) is 0 Å². The first-order valence-corrected chi connectivity index (χ1v) is 6.29. The normalized spacial score (nSPS) is 10.6. The Morgan fingerprint density at radius 2 is 2.25 bits per heavy atom. The summed E-state index contributed by atoms with van der Waals surface area (Å²) >= 11 is 1.77. The lowest BCUT2D eigenvalue weighted by atomic mass is 10.1. The van der Waals surface area contributed by atoms with Crippen LogP contribution in [0.15, 0.2) is 30.5 Å². The maximum Gasteiger partial charge on any atom is 0.0971 e. The van der Waals surface area contributed by atoms with E-state index in [1.807, 2.05) is 6.20 Å². The summed E-state index contributed by atoms with van der Waals surface area (Å²) in [6.07, 6.45) is 3.81. The van der Waals surface area contributed by atoms with Crippen molar-refractivity contribution in [2.24, 2.45) is 5.73 Å². The van der Waals surface area contributed by atoms with E-state index in [2.05, 4.69) is 36.2 Å². The molecule has 0 radical (unpaired) electrons. The molecule has 0 amide bonds. The van der Waals surface area contributed by atoms with Crippen LogP contribution >= 0.6 is 11.3 Å². The molecule has 3 heteroatoms. The van der Waals surface area contributed by atoms with Gasteiger partial charge in [-0.25, -0.2) is 4.98 Å². The number of thiazole rings is 1. The Morgan fingerprint density at radius 1 is 1.38 bits per heavy atom. The number of benzene rings is 1. The van der Waals surface area contributed by atoms with E-state index >= 15 is 0 Å². The Morgan fingerprint density at radius 3 is 3.00 bits per heavy atom.